The second-order valence-corrected chi connectivity index (χ2v) is 7.35. The van der Waals surface area contributed by atoms with E-state index in [0.717, 1.165) is 32.0 Å². The molecule has 2 aliphatic rings. The number of carbonyl (C=O) groups excluding carboxylic acids is 1. The molecule has 1 amide bonds. The quantitative estimate of drug-likeness (QED) is 0.801. The highest BCUT2D eigenvalue weighted by Crippen LogP contribution is 2.23. The zero-order valence-corrected chi connectivity index (χ0v) is 16.4. The van der Waals surface area contributed by atoms with E-state index < -0.39 is 0 Å². The Labute approximate surface area is 165 Å². The van der Waals surface area contributed by atoms with Gasteiger partial charge in [0.1, 0.15) is 0 Å². The zero-order valence-electron chi connectivity index (χ0n) is 16.4. The van der Waals surface area contributed by atoms with E-state index in [1.807, 2.05) is 4.90 Å². The van der Waals surface area contributed by atoms with Crippen LogP contribution in [0.4, 0.5) is 11.9 Å². The first-order valence-corrected chi connectivity index (χ1v) is 10.2. The molecule has 148 valence electrons. The molecule has 2 saturated heterocycles. The Bertz CT molecular complexity index is 775. The number of rotatable bonds is 4. The average Bonchev–Trinajstić information content (AvgIpc) is 2.79. The first kappa shape index (κ1) is 18.6. The van der Waals surface area contributed by atoms with Crippen molar-refractivity contribution >= 4 is 17.8 Å². The topological polar surface area (TPSA) is 78.4 Å². The second kappa shape index (κ2) is 8.50. The van der Waals surface area contributed by atoms with E-state index in [-0.39, 0.29) is 5.91 Å². The van der Waals surface area contributed by atoms with Gasteiger partial charge in [0, 0.05) is 63.6 Å². The van der Waals surface area contributed by atoms with Crippen molar-refractivity contribution in [2.24, 2.45) is 0 Å². The van der Waals surface area contributed by atoms with Gasteiger partial charge in [-0.2, -0.15) is 0 Å². The summed E-state index contributed by atoms with van der Waals surface area (Å²) in [6.07, 6.45) is 11.6. The Balaban J connectivity index is 1.37. The first-order chi connectivity index (χ1) is 13.8. The van der Waals surface area contributed by atoms with E-state index in [9.17, 15) is 4.79 Å². The van der Waals surface area contributed by atoms with Gasteiger partial charge < -0.3 is 14.7 Å². The molecule has 2 aliphatic heterocycles. The normalized spacial score (nSPS) is 20.3. The molecule has 2 aromatic rings. The van der Waals surface area contributed by atoms with Gasteiger partial charge in [-0.3, -0.25) is 4.79 Å². The van der Waals surface area contributed by atoms with Crippen molar-refractivity contribution in [3.05, 3.63) is 36.4 Å². The number of amides is 1. The van der Waals surface area contributed by atoms with E-state index in [4.69, 9.17) is 0 Å². The second-order valence-electron chi connectivity index (χ2n) is 7.35. The number of piperidine rings is 1. The molecule has 0 bridgehead atoms. The minimum atomic E-state index is -0.00846. The van der Waals surface area contributed by atoms with Crippen LogP contribution in [0.2, 0.25) is 0 Å². The highest BCUT2D eigenvalue weighted by Gasteiger charge is 2.26. The number of piperazine rings is 1. The fraction of sp³-hybridized carbons (Fsp3) is 0.550. The average molecular weight is 381 g/mol. The Morgan fingerprint density at radius 2 is 1.68 bits per heavy atom. The predicted octanol–water partition coefficient (Wildman–Crippen LogP) is 2.00. The van der Waals surface area contributed by atoms with Crippen LogP contribution in [0.5, 0.6) is 0 Å². The fourth-order valence-corrected chi connectivity index (χ4v) is 4.01. The molecule has 0 aliphatic carbocycles. The van der Waals surface area contributed by atoms with E-state index >= 15 is 0 Å². The van der Waals surface area contributed by atoms with Gasteiger partial charge in [-0.15, -0.1) is 0 Å². The van der Waals surface area contributed by atoms with E-state index in [1.54, 1.807) is 30.9 Å². The van der Waals surface area contributed by atoms with Gasteiger partial charge in [0.25, 0.3) is 5.91 Å². The van der Waals surface area contributed by atoms with Gasteiger partial charge in [-0.25, -0.2) is 19.9 Å². The number of hydrogen-bond acceptors (Lipinski definition) is 7. The van der Waals surface area contributed by atoms with Gasteiger partial charge in [0.15, 0.2) is 0 Å². The Hall–Kier alpha value is -2.77. The Morgan fingerprint density at radius 1 is 0.964 bits per heavy atom. The SMILES string of the molecule is CCC1CCCCN1c1ncc(C(=O)N2CCN(c3ncccn3)CC2)cn1. The fourth-order valence-electron chi connectivity index (χ4n) is 4.01. The summed E-state index contributed by atoms with van der Waals surface area (Å²) in [7, 11) is 0. The number of nitrogens with zero attached hydrogens (tertiary/aromatic N) is 7. The maximum atomic E-state index is 12.8. The van der Waals surface area contributed by atoms with Crippen molar-refractivity contribution < 1.29 is 4.79 Å². The standard InChI is InChI=1S/C20H27N7O/c1-2-17-6-3-4-9-27(17)20-23-14-16(15-24-20)18(28)25-10-12-26(13-11-25)19-21-7-5-8-22-19/h5,7-8,14-15,17H,2-4,6,9-13H2,1H3. The van der Waals surface area contributed by atoms with Crippen molar-refractivity contribution in [1.82, 2.24) is 24.8 Å². The summed E-state index contributed by atoms with van der Waals surface area (Å²) in [5.74, 6) is 1.45. The zero-order chi connectivity index (χ0) is 19.3. The first-order valence-electron chi connectivity index (χ1n) is 10.2. The van der Waals surface area contributed by atoms with Crippen LogP contribution in [0.25, 0.3) is 0 Å². The molecule has 8 nitrogen and oxygen atoms in total. The van der Waals surface area contributed by atoms with Crippen LogP contribution in [0.15, 0.2) is 30.9 Å². The molecule has 1 atom stereocenters. The van der Waals surface area contributed by atoms with E-state index in [0.29, 0.717) is 30.6 Å². The van der Waals surface area contributed by atoms with Crippen LogP contribution in [0.3, 0.4) is 0 Å². The third-order valence-electron chi connectivity index (χ3n) is 5.64. The van der Waals surface area contributed by atoms with Gasteiger partial charge in [-0.1, -0.05) is 6.92 Å². The van der Waals surface area contributed by atoms with E-state index in [1.165, 1.54) is 19.3 Å². The molecule has 1 unspecified atom stereocenters. The van der Waals surface area contributed by atoms with Crippen molar-refractivity contribution in [2.45, 2.75) is 38.6 Å². The molecule has 2 aromatic heterocycles. The predicted molar refractivity (Wildman–Crippen MR) is 107 cm³/mol. The summed E-state index contributed by atoms with van der Waals surface area (Å²) >= 11 is 0. The molecule has 28 heavy (non-hydrogen) atoms. The summed E-state index contributed by atoms with van der Waals surface area (Å²) < 4.78 is 0. The van der Waals surface area contributed by atoms with Crippen LogP contribution in [-0.2, 0) is 0 Å². The number of aromatic nitrogens is 4. The summed E-state index contributed by atoms with van der Waals surface area (Å²) in [5.41, 5.74) is 0.554. The third-order valence-corrected chi connectivity index (χ3v) is 5.64. The number of carbonyl (C=O) groups is 1. The molecule has 4 rings (SSSR count). The lowest BCUT2D eigenvalue weighted by atomic mass is 10.0. The molecule has 8 heteroatoms. The van der Waals surface area contributed by atoms with Crippen molar-refractivity contribution in [3.63, 3.8) is 0 Å². The van der Waals surface area contributed by atoms with Crippen LogP contribution < -0.4 is 9.80 Å². The van der Waals surface area contributed by atoms with Crippen molar-refractivity contribution in [2.75, 3.05) is 42.5 Å². The molecule has 0 radical (unpaired) electrons. The number of hydrogen-bond donors (Lipinski definition) is 0. The van der Waals surface area contributed by atoms with Crippen LogP contribution >= 0.6 is 0 Å². The monoisotopic (exact) mass is 381 g/mol. The summed E-state index contributed by atoms with van der Waals surface area (Å²) in [6, 6.07) is 2.31. The summed E-state index contributed by atoms with van der Waals surface area (Å²) in [4.78, 5) is 36.7. The minimum absolute atomic E-state index is 0.00846. The smallest absolute Gasteiger partial charge is 0.257 e. The van der Waals surface area contributed by atoms with Gasteiger partial charge in [0.2, 0.25) is 11.9 Å². The highest BCUT2D eigenvalue weighted by atomic mass is 16.2. The minimum Gasteiger partial charge on any atom is -0.338 e. The lowest BCUT2D eigenvalue weighted by Gasteiger charge is -2.35. The summed E-state index contributed by atoms with van der Waals surface area (Å²) in [5, 5.41) is 0. The Kier molecular flexibility index (Phi) is 5.64. The molecule has 0 spiro atoms. The molecule has 4 heterocycles. The number of anilines is 2. The van der Waals surface area contributed by atoms with Crippen LogP contribution in [0, 0.1) is 0 Å². The van der Waals surface area contributed by atoms with Gasteiger partial charge >= 0.3 is 0 Å². The van der Waals surface area contributed by atoms with Gasteiger partial charge in [-0.05, 0) is 31.7 Å². The highest BCUT2D eigenvalue weighted by molar-refractivity contribution is 5.93. The molecule has 2 fully saturated rings. The maximum Gasteiger partial charge on any atom is 0.257 e. The van der Waals surface area contributed by atoms with Crippen LogP contribution in [-0.4, -0.2) is 69.5 Å². The summed E-state index contributed by atoms with van der Waals surface area (Å²) in [6.45, 7) is 5.93. The third kappa shape index (κ3) is 3.90. The van der Waals surface area contributed by atoms with Crippen LogP contribution in [0.1, 0.15) is 43.0 Å². The molecule has 0 saturated carbocycles. The lowest BCUT2D eigenvalue weighted by molar-refractivity contribution is 0.0745. The molecular formula is C20H27N7O. The maximum absolute atomic E-state index is 12.8. The molecular weight excluding hydrogens is 354 g/mol. The van der Waals surface area contributed by atoms with Crippen molar-refractivity contribution in [3.8, 4) is 0 Å². The van der Waals surface area contributed by atoms with Crippen molar-refractivity contribution in [1.29, 1.82) is 0 Å². The largest absolute Gasteiger partial charge is 0.338 e. The molecule has 0 N–H and O–H groups in total. The van der Waals surface area contributed by atoms with E-state index in [2.05, 4.69) is 36.7 Å². The molecule has 0 aromatic carbocycles. The van der Waals surface area contributed by atoms with Gasteiger partial charge in [0.05, 0.1) is 5.56 Å². The lowest BCUT2D eigenvalue weighted by Crippen LogP contribution is -2.49. The Morgan fingerprint density at radius 3 is 2.36 bits per heavy atom.